The lowest BCUT2D eigenvalue weighted by Crippen LogP contribution is -2.55. The molecule has 0 bridgehead atoms. The third kappa shape index (κ3) is 5.47. The summed E-state index contributed by atoms with van der Waals surface area (Å²) in [5.41, 5.74) is 4.57. The van der Waals surface area contributed by atoms with Crippen molar-refractivity contribution in [3.8, 4) is 11.4 Å². The molecule has 5 heterocycles. The van der Waals surface area contributed by atoms with E-state index >= 15 is 0 Å². The van der Waals surface area contributed by atoms with Gasteiger partial charge in [0.25, 0.3) is 0 Å². The molecule has 1 atom stereocenters. The number of halogens is 3. The molecule has 3 aromatic heterocycles. The Kier molecular flexibility index (Phi) is 7.42. The van der Waals surface area contributed by atoms with Crippen LogP contribution in [0.25, 0.3) is 11.4 Å². The lowest BCUT2D eigenvalue weighted by atomic mass is 9.91. The Morgan fingerprint density at radius 3 is 2.57 bits per heavy atom. The number of aromatic nitrogens is 4. The number of pyridine rings is 1. The normalized spacial score (nSPS) is 17.5. The number of rotatable bonds is 5. The number of fused-ring (bicyclic) bond motifs is 1. The minimum absolute atomic E-state index is 0.0125. The maximum absolute atomic E-state index is 14.1. The number of hydrogen-bond donors (Lipinski definition) is 0. The number of nitrogens with zero attached hydrogens (tertiary/aromatic N) is 7. The Labute approximate surface area is 246 Å². The molecule has 1 saturated heterocycles. The van der Waals surface area contributed by atoms with Crippen LogP contribution in [-0.2, 0) is 30.5 Å². The van der Waals surface area contributed by atoms with Crippen molar-refractivity contribution in [1.29, 1.82) is 0 Å². The zero-order chi connectivity index (χ0) is 29.6. The highest BCUT2D eigenvalue weighted by Gasteiger charge is 2.38. The standard InChI is InChI=1S/C30H32F3N7OS/c1-19-14-20(2)40(36-19)17-28(41)39-13-12-37(15-21(39)3)27-8-7-24(30(31,32)33)22-9-11-38(16-23(22)27)29-35-26(18-42-29)25-6-4-5-10-34-25/h4-8,10,14,18,21H,9,11-13,15-17H2,1-3H3/t21-/m1/s1. The molecule has 1 fully saturated rings. The molecule has 0 spiro atoms. The fourth-order valence-electron chi connectivity index (χ4n) is 6.03. The van der Waals surface area contributed by atoms with Gasteiger partial charge in [-0.15, -0.1) is 11.3 Å². The molecule has 220 valence electrons. The zero-order valence-corrected chi connectivity index (χ0v) is 24.5. The number of alkyl halides is 3. The molecule has 0 aliphatic carbocycles. The molecule has 1 amide bonds. The van der Waals surface area contributed by atoms with Crippen LogP contribution in [-0.4, -0.2) is 62.8 Å². The van der Waals surface area contributed by atoms with Gasteiger partial charge in [0, 0.05) is 61.7 Å². The minimum Gasteiger partial charge on any atom is -0.367 e. The second kappa shape index (κ2) is 11.0. The van der Waals surface area contributed by atoms with Crippen molar-refractivity contribution in [2.75, 3.05) is 36.0 Å². The number of thiazole rings is 1. The van der Waals surface area contributed by atoms with Gasteiger partial charge in [0.1, 0.15) is 12.2 Å². The summed E-state index contributed by atoms with van der Waals surface area (Å²) in [6.45, 7) is 8.30. The molecular weight excluding hydrogens is 563 g/mol. The SMILES string of the molecule is Cc1cc(C)n(CC(=O)N2CCN(c3ccc(C(F)(F)F)c4c3CN(c3nc(-c5ccccn5)cs3)CC4)C[C@H]2C)n1. The summed E-state index contributed by atoms with van der Waals surface area (Å²) in [4.78, 5) is 28.4. The van der Waals surface area contributed by atoms with Gasteiger partial charge in [0.15, 0.2) is 5.13 Å². The van der Waals surface area contributed by atoms with E-state index in [9.17, 15) is 18.0 Å². The van der Waals surface area contributed by atoms with Gasteiger partial charge in [-0.25, -0.2) is 4.98 Å². The lowest BCUT2D eigenvalue weighted by Gasteiger charge is -2.43. The number of amides is 1. The molecule has 1 aromatic carbocycles. The molecule has 6 rings (SSSR count). The van der Waals surface area contributed by atoms with Gasteiger partial charge < -0.3 is 14.7 Å². The largest absolute Gasteiger partial charge is 0.416 e. The van der Waals surface area contributed by atoms with Crippen LogP contribution >= 0.6 is 11.3 Å². The van der Waals surface area contributed by atoms with E-state index in [1.165, 1.54) is 17.4 Å². The first-order chi connectivity index (χ1) is 20.1. The molecule has 42 heavy (non-hydrogen) atoms. The third-order valence-electron chi connectivity index (χ3n) is 8.06. The summed E-state index contributed by atoms with van der Waals surface area (Å²) in [6.07, 6.45) is -2.45. The highest BCUT2D eigenvalue weighted by molar-refractivity contribution is 7.14. The van der Waals surface area contributed by atoms with Crippen molar-refractivity contribution < 1.29 is 18.0 Å². The Balaban J connectivity index is 1.24. The lowest BCUT2D eigenvalue weighted by molar-refractivity contribution is -0.138. The molecule has 0 unspecified atom stereocenters. The van der Waals surface area contributed by atoms with E-state index in [0.29, 0.717) is 43.9 Å². The fourth-order valence-corrected chi connectivity index (χ4v) is 6.87. The van der Waals surface area contributed by atoms with Gasteiger partial charge in [-0.1, -0.05) is 6.07 Å². The van der Waals surface area contributed by atoms with Gasteiger partial charge >= 0.3 is 6.18 Å². The number of anilines is 2. The number of carbonyl (C=O) groups excluding carboxylic acids is 1. The Bertz CT molecular complexity index is 1600. The van der Waals surface area contributed by atoms with E-state index in [1.807, 2.05) is 55.3 Å². The van der Waals surface area contributed by atoms with Gasteiger partial charge in [0.2, 0.25) is 5.91 Å². The van der Waals surface area contributed by atoms with E-state index < -0.39 is 11.7 Å². The summed E-state index contributed by atoms with van der Waals surface area (Å²) in [6, 6.07) is 10.3. The number of aryl methyl sites for hydroxylation is 2. The van der Waals surface area contributed by atoms with Crippen molar-refractivity contribution >= 4 is 28.1 Å². The molecular formula is C30H32F3N7OS. The average molecular weight is 596 g/mol. The van der Waals surface area contributed by atoms with Crippen LogP contribution in [0.15, 0.2) is 48.0 Å². The van der Waals surface area contributed by atoms with Crippen molar-refractivity contribution in [3.63, 3.8) is 0 Å². The van der Waals surface area contributed by atoms with Crippen molar-refractivity contribution in [2.24, 2.45) is 0 Å². The quantitative estimate of drug-likeness (QED) is 0.311. The highest BCUT2D eigenvalue weighted by Crippen LogP contribution is 2.41. The van der Waals surface area contributed by atoms with Crippen LogP contribution < -0.4 is 9.80 Å². The predicted octanol–water partition coefficient (Wildman–Crippen LogP) is 5.34. The number of benzene rings is 1. The van der Waals surface area contributed by atoms with E-state index in [1.54, 1.807) is 16.9 Å². The van der Waals surface area contributed by atoms with Crippen molar-refractivity contribution in [2.45, 2.75) is 52.5 Å². The van der Waals surface area contributed by atoms with Crippen molar-refractivity contribution in [3.05, 3.63) is 76.1 Å². The molecule has 4 aromatic rings. The summed E-state index contributed by atoms with van der Waals surface area (Å²) < 4.78 is 43.9. The Morgan fingerprint density at radius 2 is 1.88 bits per heavy atom. The minimum atomic E-state index is -4.43. The molecule has 0 N–H and O–H groups in total. The number of hydrogen-bond acceptors (Lipinski definition) is 7. The molecule has 0 radical (unpaired) electrons. The maximum atomic E-state index is 14.1. The predicted molar refractivity (Wildman–Crippen MR) is 157 cm³/mol. The molecule has 0 saturated carbocycles. The van der Waals surface area contributed by atoms with Crippen LogP contribution in [0.4, 0.5) is 24.0 Å². The first-order valence-corrected chi connectivity index (χ1v) is 14.9. The number of piperazine rings is 1. The van der Waals surface area contributed by atoms with Crippen LogP contribution in [0.1, 0.15) is 35.0 Å². The first-order valence-electron chi connectivity index (χ1n) is 14.0. The fraction of sp³-hybridized carbons (Fsp3) is 0.400. The summed E-state index contributed by atoms with van der Waals surface area (Å²) >= 11 is 1.47. The molecule has 12 heteroatoms. The highest BCUT2D eigenvalue weighted by atomic mass is 32.1. The smallest absolute Gasteiger partial charge is 0.367 e. The average Bonchev–Trinajstić information content (AvgIpc) is 3.58. The van der Waals surface area contributed by atoms with E-state index in [2.05, 4.69) is 19.9 Å². The van der Waals surface area contributed by atoms with Gasteiger partial charge in [-0.3, -0.25) is 14.5 Å². The Hall–Kier alpha value is -3.93. The zero-order valence-electron chi connectivity index (χ0n) is 23.7. The summed E-state index contributed by atoms with van der Waals surface area (Å²) in [7, 11) is 0. The second-order valence-electron chi connectivity index (χ2n) is 11.0. The second-order valence-corrected chi connectivity index (χ2v) is 11.8. The van der Waals surface area contributed by atoms with Crippen LogP contribution in [0.5, 0.6) is 0 Å². The summed E-state index contributed by atoms with van der Waals surface area (Å²) in [5, 5.41) is 7.11. The molecule has 2 aliphatic heterocycles. The third-order valence-corrected chi connectivity index (χ3v) is 8.96. The number of carbonyl (C=O) groups is 1. The van der Waals surface area contributed by atoms with Gasteiger partial charge in [-0.05, 0) is 68.7 Å². The monoisotopic (exact) mass is 595 g/mol. The maximum Gasteiger partial charge on any atom is 0.416 e. The van der Waals surface area contributed by atoms with Gasteiger partial charge in [0.05, 0.1) is 17.0 Å². The van der Waals surface area contributed by atoms with Gasteiger partial charge in [-0.2, -0.15) is 18.3 Å². The van der Waals surface area contributed by atoms with E-state index in [0.717, 1.165) is 33.6 Å². The van der Waals surface area contributed by atoms with E-state index in [-0.39, 0.29) is 24.9 Å². The van der Waals surface area contributed by atoms with Crippen LogP contribution in [0, 0.1) is 13.8 Å². The summed E-state index contributed by atoms with van der Waals surface area (Å²) in [5.74, 6) is -0.0125. The Morgan fingerprint density at radius 1 is 1.05 bits per heavy atom. The first kappa shape index (κ1) is 28.2. The van der Waals surface area contributed by atoms with Crippen LogP contribution in [0.2, 0.25) is 0 Å². The topological polar surface area (TPSA) is 70.4 Å². The van der Waals surface area contributed by atoms with Crippen molar-refractivity contribution in [1.82, 2.24) is 24.6 Å². The van der Waals surface area contributed by atoms with Crippen LogP contribution in [0.3, 0.4) is 0 Å². The molecule has 2 aliphatic rings. The molecule has 8 nitrogen and oxygen atoms in total. The van der Waals surface area contributed by atoms with E-state index in [4.69, 9.17) is 4.98 Å².